The minimum Gasteiger partial charge on any atom is -0.497 e. The molecule has 1 rings (SSSR count). The molecule has 0 aromatic heterocycles. The molecule has 0 unspecified atom stereocenters. The summed E-state index contributed by atoms with van der Waals surface area (Å²) in [5.41, 5.74) is 6.42. The maximum Gasteiger partial charge on any atom is 0.241 e. The molecule has 0 saturated heterocycles. The molecule has 0 aliphatic carbocycles. The zero-order valence-electron chi connectivity index (χ0n) is 11.4. The Labute approximate surface area is 117 Å². The number of carbonyl (C=O) groups excluding carboxylic acids is 1. The van der Waals surface area contributed by atoms with E-state index in [2.05, 4.69) is 5.32 Å². The van der Waals surface area contributed by atoms with Crippen LogP contribution in [0, 0.1) is 0 Å². The number of rotatable bonds is 7. The summed E-state index contributed by atoms with van der Waals surface area (Å²) in [6.07, 6.45) is 2.63. The molecule has 0 fully saturated rings. The maximum atomic E-state index is 11.9. The first-order valence-corrected chi connectivity index (χ1v) is 7.28. The van der Waals surface area contributed by atoms with Crippen LogP contribution in [0.4, 0.5) is 5.69 Å². The van der Waals surface area contributed by atoms with Crippen molar-refractivity contribution in [2.45, 2.75) is 12.5 Å². The number of ether oxygens (including phenoxy) is 2. The molecule has 1 aromatic carbocycles. The van der Waals surface area contributed by atoms with Gasteiger partial charge in [0, 0.05) is 23.9 Å². The molecule has 5 nitrogen and oxygen atoms in total. The largest absolute Gasteiger partial charge is 0.497 e. The van der Waals surface area contributed by atoms with Gasteiger partial charge in [0.2, 0.25) is 5.91 Å². The van der Waals surface area contributed by atoms with Gasteiger partial charge in [-0.2, -0.15) is 11.8 Å². The summed E-state index contributed by atoms with van der Waals surface area (Å²) in [5, 5.41) is 2.77. The molecule has 0 radical (unpaired) electrons. The summed E-state index contributed by atoms with van der Waals surface area (Å²) in [7, 11) is 3.12. The third kappa shape index (κ3) is 5.00. The SMILES string of the molecule is COc1cc(NC(=O)[C@H](N)CCSC)cc(OC)c1. The third-order valence-electron chi connectivity index (χ3n) is 2.59. The summed E-state index contributed by atoms with van der Waals surface area (Å²) in [6, 6.07) is 4.68. The van der Waals surface area contributed by atoms with E-state index in [1.165, 1.54) is 0 Å². The van der Waals surface area contributed by atoms with E-state index in [4.69, 9.17) is 15.2 Å². The second-order valence-corrected chi connectivity index (χ2v) is 4.96. The first kappa shape index (κ1) is 15.7. The number of amides is 1. The molecule has 0 saturated carbocycles. The van der Waals surface area contributed by atoms with Crippen LogP contribution in [0.15, 0.2) is 18.2 Å². The quantitative estimate of drug-likeness (QED) is 0.797. The molecule has 1 atom stereocenters. The Morgan fingerprint density at radius 3 is 2.37 bits per heavy atom. The molecule has 19 heavy (non-hydrogen) atoms. The van der Waals surface area contributed by atoms with Gasteiger partial charge in [-0.25, -0.2) is 0 Å². The minimum absolute atomic E-state index is 0.204. The third-order valence-corrected chi connectivity index (χ3v) is 3.23. The molecular weight excluding hydrogens is 264 g/mol. The van der Waals surface area contributed by atoms with Gasteiger partial charge in [-0.1, -0.05) is 0 Å². The van der Waals surface area contributed by atoms with Gasteiger partial charge >= 0.3 is 0 Å². The Bertz CT molecular complexity index is 404. The Kier molecular flexibility index (Phi) is 6.52. The van der Waals surface area contributed by atoms with Crippen molar-refractivity contribution < 1.29 is 14.3 Å². The van der Waals surface area contributed by atoms with E-state index in [0.29, 0.717) is 23.6 Å². The van der Waals surface area contributed by atoms with Crippen LogP contribution in [0.3, 0.4) is 0 Å². The van der Waals surface area contributed by atoms with Crippen LogP contribution in [0.1, 0.15) is 6.42 Å². The molecule has 106 valence electrons. The molecular formula is C13H20N2O3S. The highest BCUT2D eigenvalue weighted by Crippen LogP contribution is 2.25. The van der Waals surface area contributed by atoms with E-state index < -0.39 is 6.04 Å². The monoisotopic (exact) mass is 284 g/mol. The normalized spacial score (nSPS) is 11.8. The molecule has 3 N–H and O–H groups in total. The van der Waals surface area contributed by atoms with E-state index in [9.17, 15) is 4.79 Å². The molecule has 1 aromatic rings. The number of methoxy groups -OCH3 is 2. The second-order valence-electron chi connectivity index (χ2n) is 3.98. The highest BCUT2D eigenvalue weighted by molar-refractivity contribution is 7.98. The summed E-state index contributed by atoms with van der Waals surface area (Å²) in [5.74, 6) is 1.89. The molecule has 0 aliphatic rings. The van der Waals surface area contributed by atoms with Crippen molar-refractivity contribution in [1.82, 2.24) is 0 Å². The lowest BCUT2D eigenvalue weighted by Gasteiger charge is -2.13. The lowest BCUT2D eigenvalue weighted by Crippen LogP contribution is -2.36. The van der Waals surface area contributed by atoms with Crippen LogP contribution in [-0.2, 0) is 4.79 Å². The predicted octanol–water partition coefficient (Wildman–Crippen LogP) is 1.72. The van der Waals surface area contributed by atoms with E-state index >= 15 is 0 Å². The molecule has 0 heterocycles. The Balaban J connectivity index is 2.72. The maximum absolute atomic E-state index is 11.9. The van der Waals surface area contributed by atoms with Crippen molar-refractivity contribution in [3.8, 4) is 11.5 Å². The lowest BCUT2D eigenvalue weighted by molar-refractivity contribution is -0.117. The second kappa shape index (κ2) is 7.91. The summed E-state index contributed by atoms with van der Waals surface area (Å²) >= 11 is 1.67. The highest BCUT2D eigenvalue weighted by atomic mass is 32.2. The van der Waals surface area contributed by atoms with Crippen LogP contribution >= 0.6 is 11.8 Å². The van der Waals surface area contributed by atoms with E-state index in [1.54, 1.807) is 44.2 Å². The Morgan fingerprint density at radius 1 is 1.32 bits per heavy atom. The highest BCUT2D eigenvalue weighted by Gasteiger charge is 2.14. The van der Waals surface area contributed by atoms with Crippen LogP contribution in [0.5, 0.6) is 11.5 Å². The zero-order chi connectivity index (χ0) is 14.3. The van der Waals surface area contributed by atoms with Crippen molar-refractivity contribution in [3.63, 3.8) is 0 Å². The van der Waals surface area contributed by atoms with Crippen molar-refractivity contribution >= 4 is 23.4 Å². The Hall–Kier alpha value is -1.40. The van der Waals surface area contributed by atoms with E-state index in [-0.39, 0.29) is 5.91 Å². The van der Waals surface area contributed by atoms with Crippen LogP contribution < -0.4 is 20.5 Å². The number of thioether (sulfide) groups is 1. The zero-order valence-corrected chi connectivity index (χ0v) is 12.3. The number of hydrogen-bond donors (Lipinski definition) is 2. The van der Waals surface area contributed by atoms with Gasteiger partial charge in [0.15, 0.2) is 0 Å². The smallest absolute Gasteiger partial charge is 0.241 e. The van der Waals surface area contributed by atoms with Crippen LogP contribution in [-0.4, -0.2) is 38.2 Å². The van der Waals surface area contributed by atoms with Gasteiger partial charge in [-0.3, -0.25) is 4.79 Å². The average Bonchev–Trinajstić information content (AvgIpc) is 2.43. The predicted molar refractivity (Wildman–Crippen MR) is 79.2 cm³/mol. The molecule has 0 spiro atoms. The molecule has 0 bridgehead atoms. The molecule has 6 heteroatoms. The average molecular weight is 284 g/mol. The van der Waals surface area contributed by atoms with Crippen molar-refractivity contribution in [1.29, 1.82) is 0 Å². The van der Waals surface area contributed by atoms with Crippen molar-refractivity contribution in [3.05, 3.63) is 18.2 Å². The van der Waals surface area contributed by atoms with Gasteiger partial charge in [0.25, 0.3) is 0 Å². The number of nitrogens with two attached hydrogens (primary N) is 1. The van der Waals surface area contributed by atoms with E-state index in [1.807, 2.05) is 6.26 Å². The van der Waals surface area contributed by atoms with Crippen molar-refractivity contribution in [2.75, 3.05) is 31.5 Å². The topological polar surface area (TPSA) is 73.6 Å². The Morgan fingerprint density at radius 2 is 1.89 bits per heavy atom. The number of hydrogen-bond acceptors (Lipinski definition) is 5. The van der Waals surface area contributed by atoms with Gasteiger partial charge in [0.1, 0.15) is 11.5 Å². The van der Waals surface area contributed by atoms with Crippen LogP contribution in [0.25, 0.3) is 0 Å². The minimum atomic E-state index is -0.510. The lowest BCUT2D eigenvalue weighted by atomic mass is 10.2. The van der Waals surface area contributed by atoms with Gasteiger partial charge < -0.3 is 20.5 Å². The molecule has 0 aliphatic heterocycles. The van der Waals surface area contributed by atoms with Crippen LogP contribution in [0.2, 0.25) is 0 Å². The summed E-state index contributed by atoms with van der Waals surface area (Å²) in [4.78, 5) is 11.9. The fourth-order valence-electron chi connectivity index (χ4n) is 1.49. The summed E-state index contributed by atoms with van der Waals surface area (Å²) in [6.45, 7) is 0. The van der Waals surface area contributed by atoms with Crippen molar-refractivity contribution in [2.24, 2.45) is 5.73 Å². The number of nitrogens with one attached hydrogen (secondary N) is 1. The summed E-state index contributed by atoms with van der Waals surface area (Å²) < 4.78 is 10.3. The molecule has 1 amide bonds. The van der Waals surface area contributed by atoms with Gasteiger partial charge in [-0.05, 0) is 18.4 Å². The number of benzene rings is 1. The standard InChI is InChI=1S/C13H20N2O3S/c1-17-10-6-9(7-11(8-10)18-2)15-13(16)12(14)4-5-19-3/h6-8,12H,4-5,14H2,1-3H3,(H,15,16)/t12-/m1/s1. The first-order valence-electron chi connectivity index (χ1n) is 5.89. The van der Waals surface area contributed by atoms with Gasteiger partial charge in [0.05, 0.1) is 20.3 Å². The number of carbonyl (C=O) groups is 1. The van der Waals surface area contributed by atoms with E-state index in [0.717, 1.165) is 5.75 Å². The fourth-order valence-corrected chi connectivity index (χ4v) is 1.98. The number of anilines is 1. The van der Waals surface area contributed by atoms with Gasteiger partial charge in [-0.15, -0.1) is 0 Å². The first-order chi connectivity index (χ1) is 9.10. The fraction of sp³-hybridized carbons (Fsp3) is 0.462.